The Labute approximate surface area is 115 Å². The lowest BCUT2D eigenvalue weighted by Crippen LogP contribution is -2.37. The molecule has 1 aliphatic heterocycles. The van der Waals surface area contributed by atoms with Crippen molar-refractivity contribution in [2.45, 2.75) is 52.0 Å². The number of carbonyl (C=O) groups is 2. The maximum Gasteiger partial charge on any atom is 0.308 e. The van der Waals surface area contributed by atoms with Gasteiger partial charge in [0.05, 0.1) is 5.92 Å². The Morgan fingerprint density at radius 3 is 2.58 bits per heavy atom. The van der Waals surface area contributed by atoms with Crippen LogP contribution in [0.15, 0.2) is 0 Å². The van der Waals surface area contributed by atoms with E-state index in [1.807, 2.05) is 6.92 Å². The summed E-state index contributed by atoms with van der Waals surface area (Å²) in [6, 6.07) is -0.181. The van der Waals surface area contributed by atoms with Crippen molar-refractivity contribution in [3.63, 3.8) is 0 Å². The SMILES string of the molecule is CCC(CCN)CCC(=O)N1CCC(C(=O)O)C1C. The number of hydrogen-bond donors (Lipinski definition) is 2. The highest BCUT2D eigenvalue weighted by Crippen LogP contribution is 2.26. The van der Waals surface area contributed by atoms with E-state index < -0.39 is 11.9 Å². The molecule has 3 atom stereocenters. The number of carboxylic acids is 1. The minimum Gasteiger partial charge on any atom is -0.481 e. The second-order valence-corrected chi connectivity index (χ2v) is 5.45. The van der Waals surface area contributed by atoms with Gasteiger partial charge in [-0.15, -0.1) is 0 Å². The topological polar surface area (TPSA) is 83.6 Å². The van der Waals surface area contributed by atoms with E-state index in [1.165, 1.54) is 0 Å². The molecule has 5 nitrogen and oxygen atoms in total. The highest BCUT2D eigenvalue weighted by Gasteiger charge is 2.37. The first-order chi connectivity index (χ1) is 9.01. The average molecular weight is 270 g/mol. The molecule has 0 aromatic heterocycles. The van der Waals surface area contributed by atoms with Gasteiger partial charge in [-0.1, -0.05) is 13.3 Å². The zero-order valence-corrected chi connectivity index (χ0v) is 12.0. The fourth-order valence-electron chi connectivity index (χ4n) is 2.88. The second-order valence-electron chi connectivity index (χ2n) is 5.45. The van der Waals surface area contributed by atoms with Crippen LogP contribution in [0.4, 0.5) is 0 Å². The van der Waals surface area contributed by atoms with Gasteiger partial charge in [0.25, 0.3) is 0 Å². The Morgan fingerprint density at radius 1 is 1.42 bits per heavy atom. The van der Waals surface area contributed by atoms with E-state index in [9.17, 15) is 9.59 Å². The van der Waals surface area contributed by atoms with E-state index in [1.54, 1.807) is 4.90 Å². The predicted molar refractivity (Wildman–Crippen MR) is 73.6 cm³/mol. The number of nitrogens with two attached hydrogens (primary N) is 1. The molecule has 1 heterocycles. The van der Waals surface area contributed by atoms with Gasteiger partial charge in [0.15, 0.2) is 0 Å². The first-order valence-corrected chi connectivity index (χ1v) is 7.23. The largest absolute Gasteiger partial charge is 0.481 e. The first-order valence-electron chi connectivity index (χ1n) is 7.23. The third-order valence-corrected chi connectivity index (χ3v) is 4.31. The van der Waals surface area contributed by atoms with Crippen LogP contribution in [0.2, 0.25) is 0 Å². The molecule has 110 valence electrons. The van der Waals surface area contributed by atoms with Gasteiger partial charge in [-0.2, -0.15) is 0 Å². The van der Waals surface area contributed by atoms with Crippen LogP contribution in [-0.4, -0.2) is 41.0 Å². The molecule has 0 saturated carbocycles. The molecule has 0 aromatic rings. The maximum absolute atomic E-state index is 12.2. The molecular weight excluding hydrogens is 244 g/mol. The van der Waals surface area contributed by atoms with E-state index in [4.69, 9.17) is 10.8 Å². The summed E-state index contributed by atoms with van der Waals surface area (Å²) in [5.41, 5.74) is 5.55. The molecule has 0 aliphatic carbocycles. The molecule has 1 aliphatic rings. The minimum atomic E-state index is -0.794. The average Bonchev–Trinajstić information content (AvgIpc) is 2.76. The van der Waals surface area contributed by atoms with Crippen molar-refractivity contribution in [2.24, 2.45) is 17.6 Å². The number of aliphatic carboxylic acids is 1. The molecule has 1 rings (SSSR count). The van der Waals surface area contributed by atoms with Gasteiger partial charge < -0.3 is 15.7 Å². The smallest absolute Gasteiger partial charge is 0.308 e. The second kappa shape index (κ2) is 7.48. The van der Waals surface area contributed by atoms with Gasteiger partial charge in [0.2, 0.25) is 5.91 Å². The molecule has 1 saturated heterocycles. The summed E-state index contributed by atoms with van der Waals surface area (Å²) >= 11 is 0. The summed E-state index contributed by atoms with van der Waals surface area (Å²) < 4.78 is 0. The molecule has 0 radical (unpaired) electrons. The summed E-state index contributed by atoms with van der Waals surface area (Å²) in [4.78, 5) is 24.9. The van der Waals surface area contributed by atoms with Crippen molar-refractivity contribution >= 4 is 11.9 Å². The molecule has 0 bridgehead atoms. The van der Waals surface area contributed by atoms with E-state index in [0.717, 1.165) is 19.3 Å². The number of carboxylic acid groups (broad SMARTS) is 1. The van der Waals surface area contributed by atoms with E-state index in [2.05, 4.69) is 6.92 Å². The highest BCUT2D eigenvalue weighted by atomic mass is 16.4. The lowest BCUT2D eigenvalue weighted by molar-refractivity contribution is -0.143. The fraction of sp³-hybridized carbons (Fsp3) is 0.857. The van der Waals surface area contributed by atoms with Crippen LogP contribution in [0, 0.1) is 11.8 Å². The van der Waals surface area contributed by atoms with Gasteiger partial charge in [-0.3, -0.25) is 9.59 Å². The molecule has 0 aromatic carbocycles. The molecule has 5 heteroatoms. The number of likely N-dealkylation sites (tertiary alicyclic amines) is 1. The van der Waals surface area contributed by atoms with Crippen molar-refractivity contribution in [1.82, 2.24) is 4.90 Å². The van der Waals surface area contributed by atoms with Gasteiger partial charge in [0, 0.05) is 19.0 Å². The first kappa shape index (κ1) is 16.0. The van der Waals surface area contributed by atoms with Gasteiger partial charge >= 0.3 is 5.97 Å². The van der Waals surface area contributed by atoms with Crippen molar-refractivity contribution < 1.29 is 14.7 Å². The van der Waals surface area contributed by atoms with Crippen molar-refractivity contribution in [2.75, 3.05) is 13.1 Å². The zero-order valence-electron chi connectivity index (χ0n) is 12.0. The maximum atomic E-state index is 12.2. The predicted octanol–water partition coefficient (Wildman–Crippen LogP) is 1.46. The van der Waals surface area contributed by atoms with Crippen LogP contribution < -0.4 is 5.73 Å². The lowest BCUT2D eigenvalue weighted by Gasteiger charge is -2.24. The molecule has 0 spiro atoms. The fourth-order valence-corrected chi connectivity index (χ4v) is 2.88. The molecular formula is C14H26N2O3. The quantitative estimate of drug-likeness (QED) is 0.733. The summed E-state index contributed by atoms with van der Waals surface area (Å²) in [6.07, 6.45) is 3.93. The van der Waals surface area contributed by atoms with Crippen molar-refractivity contribution in [3.8, 4) is 0 Å². The Balaban J connectivity index is 2.44. The third kappa shape index (κ3) is 4.20. The van der Waals surface area contributed by atoms with Gasteiger partial charge in [-0.05, 0) is 38.6 Å². The number of nitrogens with zero attached hydrogens (tertiary/aromatic N) is 1. The van der Waals surface area contributed by atoms with Gasteiger partial charge in [0.1, 0.15) is 0 Å². The van der Waals surface area contributed by atoms with Crippen LogP contribution in [0.1, 0.15) is 46.0 Å². The van der Waals surface area contributed by atoms with Crippen LogP contribution in [0.3, 0.4) is 0 Å². The number of amides is 1. The Morgan fingerprint density at radius 2 is 2.11 bits per heavy atom. The minimum absolute atomic E-state index is 0.0896. The Kier molecular flexibility index (Phi) is 6.28. The molecule has 3 unspecified atom stereocenters. The molecule has 19 heavy (non-hydrogen) atoms. The van der Waals surface area contributed by atoms with Crippen LogP contribution in [0.5, 0.6) is 0 Å². The standard InChI is InChI=1S/C14H26N2O3/c1-3-11(6-8-15)4-5-13(17)16-9-7-12(10(16)2)14(18)19/h10-12H,3-9,15H2,1-2H3,(H,18,19). The van der Waals surface area contributed by atoms with Gasteiger partial charge in [-0.25, -0.2) is 0 Å². The van der Waals surface area contributed by atoms with E-state index in [-0.39, 0.29) is 11.9 Å². The molecule has 1 fully saturated rings. The summed E-state index contributed by atoms with van der Waals surface area (Å²) in [5, 5.41) is 9.06. The van der Waals surface area contributed by atoms with Crippen LogP contribution >= 0.6 is 0 Å². The van der Waals surface area contributed by atoms with Crippen molar-refractivity contribution in [3.05, 3.63) is 0 Å². The van der Waals surface area contributed by atoms with Crippen molar-refractivity contribution in [1.29, 1.82) is 0 Å². The number of carbonyl (C=O) groups excluding carboxylic acids is 1. The number of rotatable bonds is 7. The Bertz CT molecular complexity index is 320. The van der Waals surface area contributed by atoms with Crippen LogP contribution in [0.25, 0.3) is 0 Å². The molecule has 1 amide bonds. The monoisotopic (exact) mass is 270 g/mol. The highest BCUT2D eigenvalue weighted by molar-refractivity contribution is 5.79. The van der Waals surface area contributed by atoms with Crippen LogP contribution in [-0.2, 0) is 9.59 Å². The molecule has 3 N–H and O–H groups in total. The summed E-state index contributed by atoms with van der Waals surface area (Å²) in [7, 11) is 0. The normalized spacial score (nSPS) is 24.5. The summed E-state index contributed by atoms with van der Waals surface area (Å²) in [5.74, 6) is -0.610. The Hall–Kier alpha value is -1.10. The van der Waals surface area contributed by atoms with E-state index in [0.29, 0.717) is 31.8 Å². The van der Waals surface area contributed by atoms with E-state index >= 15 is 0 Å². The lowest BCUT2D eigenvalue weighted by atomic mass is 9.96. The third-order valence-electron chi connectivity index (χ3n) is 4.31. The zero-order chi connectivity index (χ0) is 14.4. The number of hydrogen-bond acceptors (Lipinski definition) is 3. The summed E-state index contributed by atoms with van der Waals surface area (Å²) in [6.45, 7) is 5.18.